The molecule has 2 aromatic carbocycles. The maximum absolute atomic E-state index is 14.5. The van der Waals surface area contributed by atoms with Gasteiger partial charge in [0.15, 0.2) is 18.4 Å². The predicted octanol–water partition coefficient (Wildman–Crippen LogP) is 4.85. The van der Waals surface area contributed by atoms with Crippen LogP contribution in [0.1, 0.15) is 47.6 Å². The molecule has 0 aliphatic rings. The molecule has 3 nitrogen and oxygen atoms in total. The third-order valence-corrected chi connectivity index (χ3v) is 4.34. The van der Waals surface area contributed by atoms with Crippen molar-refractivity contribution in [3.63, 3.8) is 0 Å². The SMILES string of the molecule is COCOc1c(F)cc(Cc2ccc(O)c(C)c2C)cc1C(C)C. The molecule has 0 spiro atoms. The van der Waals surface area contributed by atoms with E-state index >= 15 is 0 Å². The van der Waals surface area contributed by atoms with Gasteiger partial charge in [-0.15, -0.1) is 0 Å². The normalized spacial score (nSPS) is 11.1. The van der Waals surface area contributed by atoms with Crippen LogP contribution in [0, 0.1) is 19.7 Å². The molecule has 0 bridgehead atoms. The minimum Gasteiger partial charge on any atom is -0.508 e. The predicted molar refractivity (Wildman–Crippen MR) is 93.4 cm³/mol. The summed E-state index contributed by atoms with van der Waals surface area (Å²) in [5.41, 5.74) is 4.67. The summed E-state index contributed by atoms with van der Waals surface area (Å²) in [5, 5.41) is 9.78. The van der Waals surface area contributed by atoms with E-state index in [2.05, 4.69) is 0 Å². The van der Waals surface area contributed by atoms with Crippen molar-refractivity contribution in [1.82, 2.24) is 0 Å². The molecule has 4 heteroatoms. The molecule has 0 aliphatic carbocycles. The summed E-state index contributed by atoms with van der Waals surface area (Å²) >= 11 is 0. The maximum Gasteiger partial charge on any atom is 0.188 e. The standard InChI is InChI=1S/C20H25FO3/c1-12(2)17-9-15(10-18(21)20(17)24-11-23-5)8-16-6-7-19(22)14(4)13(16)3/h6-7,9-10,12,22H,8,11H2,1-5H3. The third-order valence-electron chi connectivity index (χ3n) is 4.34. The largest absolute Gasteiger partial charge is 0.508 e. The molecule has 130 valence electrons. The van der Waals surface area contributed by atoms with E-state index in [4.69, 9.17) is 9.47 Å². The van der Waals surface area contributed by atoms with E-state index in [-0.39, 0.29) is 30.0 Å². The van der Waals surface area contributed by atoms with Crippen molar-refractivity contribution in [2.75, 3.05) is 13.9 Å². The number of rotatable bonds is 6. The Morgan fingerprint density at radius 1 is 1.12 bits per heavy atom. The Morgan fingerprint density at radius 3 is 2.46 bits per heavy atom. The van der Waals surface area contributed by atoms with E-state index < -0.39 is 0 Å². The molecule has 0 aliphatic heterocycles. The van der Waals surface area contributed by atoms with Gasteiger partial charge in [0.05, 0.1) is 0 Å². The summed E-state index contributed by atoms with van der Waals surface area (Å²) in [7, 11) is 1.51. The van der Waals surface area contributed by atoms with E-state index in [0.29, 0.717) is 6.42 Å². The smallest absolute Gasteiger partial charge is 0.188 e. The Labute approximate surface area is 143 Å². The van der Waals surface area contributed by atoms with Crippen LogP contribution in [0.25, 0.3) is 0 Å². The topological polar surface area (TPSA) is 38.7 Å². The highest BCUT2D eigenvalue weighted by atomic mass is 19.1. The molecular formula is C20H25FO3. The molecule has 0 amide bonds. The van der Waals surface area contributed by atoms with Crippen LogP contribution in [0.3, 0.4) is 0 Å². The monoisotopic (exact) mass is 332 g/mol. The van der Waals surface area contributed by atoms with Gasteiger partial charge in [-0.3, -0.25) is 0 Å². The second-order valence-corrected chi connectivity index (χ2v) is 6.37. The van der Waals surface area contributed by atoms with E-state index in [1.807, 2.05) is 39.8 Å². The minimum atomic E-state index is -0.374. The average molecular weight is 332 g/mol. The molecule has 0 aromatic heterocycles. The van der Waals surface area contributed by atoms with Crippen molar-refractivity contribution in [3.05, 3.63) is 57.9 Å². The number of hydrogen-bond acceptors (Lipinski definition) is 3. The van der Waals surface area contributed by atoms with E-state index in [0.717, 1.165) is 27.8 Å². The highest BCUT2D eigenvalue weighted by Crippen LogP contribution is 2.32. The summed E-state index contributed by atoms with van der Waals surface area (Å²) in [6, 6.07) is 7.08. The Kier molecular flexibility index (Phi) is 5.84. The lowest BCUT2D eigenvalue weighted by atomic mass is 9.93. The molecule has 1 N–H and O–H groups in total. The first-order valence-electron chi connectivity index (χ1n) is 8.07. The van der Waals surface area contributed by atoms with Crippen LogP contribution >= 0.6 is 0 Å². The maximum atomic E-state index is 14.5. The van der Waals surface area contributed by atoms with Crippen molar-refractivity contribution in [3.8, 4) is 11.5 Å². The van der Waals surface area contributed by atoms with Crippen molar-refractivity contribution in [1.29, 1.82) is 0 Å². The fraction of sp³-hybridized carbons (Fsp3) is 0.400. The number of hydrogen-bond donors (Lipinski definition) is 1. The second-order valence-electron chi connectivity index (χ2n) is 6.37. The number of phenols is 1. The summed E-state index contributed by atoms with van der Waals surface area (Å²) in [5.74, 6) is 0.304. The number of halogens is 1. The zero-order valence-electron chi connectivity index (χ0n) is 14.9. The summed E-state index contributed by atoms with van der Waals surface area (Å²) in [4.78, 5) is 0. The van der Waals surface area contributed by atoms with Gasteiger partial charge in [-0.25, -0.2) is 4.39 Å². The van der Waals surface area contributed by atoms with Gasteiger partial charge in [-0.2, -0.15) is 0 Å². The summed E-state index contributed by atoms with van der Waals surface area (Å²) in [6.07, 6.45) is 0.605. The molecule has 2 aromatic rings. The van der Waals surface area contributed by atoms with E-state index in [9.17, 15) is 9.50 Å². The van der Waals surface area contributed by atoms with Crippen molar-refractivity contribution >= 4 is 0 Å². The van der Waals surface area contributed by atoms with Gasteiger partial charge >= 0.3 is 0 Å². The van der Waals surface area contributed by atoms with Crippen LogP contribution in [0.5, 0.6) is 11.5 Å². The van der Waals surface area contributed by atoms with Crippen LogP contribution in [0.2, 0.25) is 0 Å². The van der Waals surface area contributed by atoms with Gasteiger partial charge in [-0.1, -0.05) is 26.0 Å². The van der Waals surface area contributed by atoms with Crippen LogP contribution in [-0.4, -0.2) is 19.0 Å². The van der Waals surface area contributed by atoms with Gasteiger partial charge in [0.1, 0.15) is 5.75 Å². The Bertz CT molecular complexity index is 723. The first kappa shape index (κ1) is 18.3. The molecule has 0 unspecified atom stereocenters. The second kappa shape index (κ2) is 7.67. The number of methoxy groups -OCH3 is 1. The zero-order valence-corrected chi connectivity index (χ0v) is 14.9. The van der Waals surface area contributed by atoms with Gasteiger partial charge in [0, 0.05) is 12.7 Å². The first-order valence-corrected chi connectivity index (χ1v) is 8.07. The van der Waals surface area contributed by atoms with Gasteiger partial charge < -0.3 is 14.6 Å². The Morgan fingerprint density at radius 2 is 1.83 bits per heavy atom. The molecular weight excluding hydrogens is 307 g/mol. The van der Waals surface area contributed by atoms with Gasteiger partial charge in [0.25, 0.3) is 0 Å². The van der Waals surface area contributed by atoms with Crippen molar-refractivity contribution < 1.29 is 19.0 Å². The minimum absolute atomic E-state index is 0.0201. The number of phenolic OH excluding ortho intramolecular Hbond substituents is 1. The lowest BCUT2D eigenvalue weighted by Crippen LogP contribution is -2.06. The van der Waals surface area contributed by atoms with E-state index in [1.165, 1.54) is 13.2 Å². The van der Waals surface area contributed by atoms with E-state index in [1.54, 1.807) is 6.07 Å². The molecule has 2 rings (SSSR count). The van der Waals surface area contributed by atoms with Crippen LogP contribution in [0.4, 0.5) is 4.39 Å². The lowest BCUT2D eigenvalue weighted by molar-refractivity contribution is 0.0473. The Balaban J connectivity index is 2.40. The van der Waals surface area contributed by atoms with Gasteiger partial charge in [-0.05, 0) is 60.6 Å². The fourth-order valence-corrected chi connectivity index (χ4v) is 2.75. The average Bonchev–Trinajstić information content (AvgIpc) is 2.54. The fourth-order valence-electron chi connectivity index (χ4n) is 2.75. The molecule has 0 heterocycles. The van der Waals surface area contributed by atoms with Crippen molar-refractivity contribution in [2.45, 2.75) is 40.0 Å². The molecule has 24 heavy (non-hydrogen) atoms. The quantitative estimate of drug-likeness (QED) is 0.769. The van der Waals surface area contributed by atoms with Gasteiger partial charge in [0.2, 0.25) is 0 Å². The number of benzene rings is 2. The number of aromatic hydroxyl groups is 1. The highest BCUT2D eigenvalue weighted by molar-refractivity contribution is 5.47. The lowest BCUT2D eigenvalue weighted by Gasteiger charge is -2.17. The molecule has 0 saturated carbocycles. The molecule has 0 atom stereocenters. The zero-order chi connectivity index (χ0) is 17.9. The number of ether oxygens (including phenoxy) is 2. The Hall–Kier alpha value is -2.07. The molecule has 0 fully saturated rings. The third kappa shape index (κ3) is 3.88. The summed E-state index contributed by atoms with van der Waals surface area (Å²) in [6.45, 7) is 7.89. The van der Waals surface area contributed by atoms with Crippen LogP contribution < -0.4 is 4.74 Å². The molecule has 0 saturated heterocycles. The van der Waals surface area contributed by atoms with Crippen LogP contribution in [0.15, 0.2) is 24.3 Å². The first-order chi connectivity index (χ1) is 11.3. The van der Waals surface area contributed by atoms with Crippen LogP contribution in [-0.2, 0) is 11.2 Å². The molecule has 0 radical (unpaired) electrons. The summed E-state index contributed by atoms with van der Waals surface area (Å²) < 4.78 is 24.8. The van der Waals surface area contributed by atoms with Crippen molar-refractivity contribution in [2.24, 2.45) is 0 Å². The highest BCUT2D eigenvalue weighted by Gasteiger charge is 2.16.